The Morgan fingerprint density at radius 2 is 1.75 bits per heavy atom. The third kappa shape index (κ3) is 6.50. The minimum atomic E-state index is -0.121. The SMILES string of the molecule is O=C(Cc1csc(SCc2ccc(Cl)cc2Cl)n1)Nc1ccc(Oc2ccccc2)cc1. The van der Waals surface area contributed by atoms with Crippen molar-refractivity contribution in [3.8, 4) is 11.5 Å². The Kier molecular flexibility index (Phi) is 7.71. The van der Waals surface area contributed by atoms with Crippen LogP contribution < -0.4 is 10.1 Å². The molecule has 1 aromatic heterocycles. The van der Waals surface area contributed by atoms with Crippen molar-refractivity contribution in [2.75, 3.05) is 5.32 Å². The lowest BCUT2D eigenvalue weighted by atomic mass is 10.2. The molecule has 0 aliphatic heterocycles. The van der Waals surface area contributed by atoms with Crippen molar-refractivity contribution < 1.29 is 9.53 Å². The molecule has 0 saturated carbocycles. The summed E-state index contributed by atoms with van der Waals surface area (Å²) < 4.78 is 6.66. The van der Waals surface area contributed by atoms with E-state index in [1.54, 1.807) is 17.8 Å². The van der Waals surface area contributed by atoms with E-state index < -0.39 is 0 Å². The number of thiazole rings is 1. The lowest BCUT2D eigenvalue weighted by molar-refractivity contribution is -0.115. The maximum atomic E-state index is 12.4. The van der Waals surface area contributed by atoms with Crippen LogP contribution in [0.15, 0.2) is 82.5 Å². The largest absolute Gasteiger partial charge is 0.457 e. The molecule has 4 nitrogen and oxygen atoms in total. The van der Waals surface area contributed by atoms with Crippen LogP contribution in [0.1, 0.15) is 11.3 Å². The van der Waals surface area contributed by atoms with Gasteiger partial charge in [-0.05, 0) is 54.1 Å². The normalized spacial score (nSPS) is 10.7. The number of hydrogen-bond donors (Lipinski definition) is 1. The Morgan fingerprint density at radius 1 is 1.00 bits per heavy atom. The number of nitrogens with one attached hydrogen (secondary N) is 1. The number of nitrogens with zero attached hydrogens (tertiary/aromatic N) is 1. The maximum Gasteiger partial charge on any atom is 0.230 e. The van der Waals surface area contributed by atoms with E-state index in [1.165, 1.54) is 11.3 Å². The van der Waals surface area contributed by atoms with Crippen LogP contribution in [0.4, 0.5) is 5.69 Å². The zero-order chi connectivity index (χ0) is 22.3. The molecule has 0 fully saturated rings. The van der Waals surface area contributed by atoms with E-state index in [9.17, 15) is 4.79 Å². The van der Waals surface area contributed by atoms with E-state index in [2.05, 4.69) is 10.3 Å². The molecule has 0 radical (unpaired) electrons. The van der Waals surface area contributed by atoms with E-state index in [4.69, 9.17) is 27.9 Å². The Labute approximate surface area is 204 Å². The summed E-state index contributed by atoms with van der Waals surface area (Å²) in [4.78, 5) is 17.0. The molecule has 0 atom stereocenters. The summed E-state index contributed by atoms with van der Waals surface area (Å²) in [5, 5.41) is 6.06. The average Bonchev–Trinajstić information content (AvgIpc) is 3.22. The Morgan fingerprint density at radius 3 is 2.50 bits per heavy atom. The van der Waals surface area contributed by atoms with Crippen molar-refractivity contribution in [3.63, 3.8) is 0 Å². The van der Waals surface area contributed by atoms with E-state index in [1.807, 2.05) is 72.1 Å². The number of carbonyl (C=O) groups excluding carboxylic acids is 1. The standard InChI is InChI=1S/C24H18Cl2N2O2S2/c25-17-7-6-16(22(26)12-17)14-31-24-28-19(15-32-24)13-23(29)27-18-8-10-21(11-9-18)30-20-4-2-1-3-5-20/h1-12,15H,13-14H2,(H,27,29). The number of thioether (sulfide) groups is 1. The average molecular weight is 501 g/mol. The lowest BCUT2D eigenvalue weighted by Gasteiger charge is -2.07. The highest BCUT2D eigenvalue weighted by Gasteiger charge is 2.10. The van der Waals surface area contributed by atoms with Gasteiger partial charge in [0.2, 0.25) is 5.91 Å². The number of halogens is 2. The summed E-state index contributed by atoms with van der Waals surface area (Å²) in [5.41, 5.74) is 2.44. The first-order chi connectivity index (χ1) is 15.5. The number of hydrogen-bond acceptors (Lipinski definition) is 5. The van der Waals surface area contributed by atoms with Gasteiger partial charge in [-0.3, -0.25) is 4.79 Å². The monoisotopic (exact) mass is 500 g/mol. The first-order valence-electron chi connectivity index (χ1n) is 9.69. The Balaban J connectivity index is 1.27. The maximum absolute atomic E-state index is 12.4. The van der Waals surface area contributed by atoms with Crippen LogP contribution in [0, 0.1) is 0 Å². The molecule has 0 spiro atoms. The van der Waals surface area contributed by atoms with Gasteiger partial charge in [0.05, 0.1) is 12.1 Å². The summed E-state index contributed by atoms with van der Waals surface area (Å²) in [5.74, 6) is 2.03. The van der Waals surface area contributed by atoms with Gasteiger partial charge in [-0.2, -0.15) is 0 Å². The number of ether oxygens (including phenoxy) is 1. The number of amides is 1. The third-order valence-corrected chi connectivity index (χ3v) is 7.06. The summed E-state index contributed by atoms with van der Waals surface area (Å²) in [6.07, 6.45) is 0.209. The fourth-order valence-electron chi connectivity index (χ4n) is 2.81. The van der Waals surface area contributed by atoms with Gasteiger partial charge in [0.25, 0.3) is 0 Å². The predicted octanol–water partition coefficient (Wildman–Crippen LogP) is 7.72. The van der Waals surface area contributed by atoms with Crippen molar-refractivity contribution >= 4 is 57.9 Å². The first-order valence-corrected chi connectivity index (χ1v) is 12.3. The molecule has 3 aromatic carbocycles. The zero-order valence-electron chi connectivity index (χ0n) is 16.8. The molecule has 0 aliphatic carbocycles. The van der Waals surface area contributed by atoms with Gasteiger partial charge in [0.1, 0.15) is 15.8 Å². The molecule has 0 unspecified atom stereocenters. The molecule has 162 valence electrons. The van der Waals surface area contributed by atoms with Crippen LogP contribution >= 0.6 is 46.3 Å². The summed E-state index contributed by atoms with van der Waals surface area (Å²) in [6.45, 7) is 0. The highest BCUT2D eigenvalue weighted by Crippen LogP contribution is 2.30. The topological polar surface area (TPSA) is 51.2 Å². The van der Waals surface area contributed by atoms with Crippen molar-refractivity contribution in [2.24, 2.45) is 0 Å². The molecule has 0 bridgehead atoms. The van der Waals surface area contributed by atoms with Crippen molar-refractivity contribution in [2.45, 2.75) is 16.5 Å². The minimum absolute atomic E-state index is 0.121. The molecule has 0 saturated heterocycles. The van der Waals surface area contributed by atoms with Crippen LogP contribution in [0.3, 0.4) is 0 Å². The quantitative estimate of drug-likeness (QED) is 0.251. The second-order valence-corrected chi connectivity index (χ2v) is 9.72. The minimum Gasteiger partial charge on any atom is -0.457 e. The molecular weight excluding hydrogens is 483 g/mol. The molecule has 4 aromatic rings. The molecule has 1 heterocycles. The van der Waals surface area contributed by atoms with E-state index in [-0.39, 0.29) is 12.3 Å². The van der Waals surface area contributed by atoms with Gasteiger partial charge in [-0.15, -0.1) is 11.3 Å². The van der Waals surface area contributed by atoms with Gasteiger partial charge >= 0.3 is 0 Å². The van der Waals surface area contributed by atoms with Crippen molar-refractivity contribution in [1.29, 1.82) is 0 Å². The third-order valence-electron chi connectivity index (χ3n) is 4.36. The summed E-state index contributed by atoms with van der Waals surface area (Å²) >= 11 is 15.3. The number of para-hydroxylation sites is 1. The molecule has 1 N–H and O–H groups in total. The molecular formula is C24H18Cl2N2O2S2. The molecule has 4 rings (SSSR count). The summed E-state index contributed by atoms with van der Waals surface area (Å²) in [7, 11) is 0. The van der Waals surface area contributed by atoms with E-state index in [0.717, 1.165) is 21.3 Å². The number of carbonyl (C=O) groups is 1. The highest BCUT2D eigenvalue weighted by atomic mass is 35.5. The smallest absolute Gasteiger partial charge is 0.230 e. The summed E-state index contributed by atoms with van der Waals surface area (Å²) in [6, 6.07) is 22.3. The van der Waals surface area contributed by atoms with Crippen molar-refractivity contribution in [1.82, 2.24) is 4.98 Å². The number of benzene rings is 3. The van der Waals surface area contributed by atoms with Crippen LogP contribution in [-0.4, -0.2) is 10.9 Å². The second kappa shape index (κ2) is 10.9. The lowest BCUT2D eigenvalue weighted by Crippen LogP contribution is -2.14. The first kappa shape index (κ1) is 22.7. The van der Waals surface area contributed by atoms with Gasteiger partial charge < -0.3 is 10.1 Å². The van der Waals surface area contributed by atoms with Gasteiger partial charge in [0, 0.05) is 26.9 Å². The molecule has 32 heavy (non-hydrogen) atoms. The van der Waals surface area contributed by atoms with Crippen molar-refractivity contribution in [3.05, 3.63) is 99.5 Å². The van der Waals surface area contributed by atoms with E-state index in [0.29, 0.717) is 27.2 Å². The number of anilines is 1. The molecule has 0 aliphatic rings. The second-order valence-electron chi connectivity index (χ2n) is 6.79. The van der Waals surface area contributed by atoms with E-state index >= 15 is 0 Å². The van der Waals surface area contributed by atoms with Gasteiger partial charge in [-0.25, -0.2) is 4.98 Å². The van der Waals surface area contributed by atoms with Crippen LogP contribution in [0.5, 0.6) is 11.5 Å². The molecule has 8 heteroatoms. The Bertz CT molecular complexity index is 1200. The predicted molar refractivity (Wildman–Crippen MR) is 133 cm³/mol. The molecule has 1 amide bonds. The fourth-order valence-corrected chi connectivity index (χ4v) is 5.22. The van der Waals surface area contributed by atoms with Gasteiger partial charge in [-0.1, -0.05) is 59.2 Å². The highest BCUT2D eigenvalue weighted by molar-refractivity contribution is 8.00. The Hall–Kier alpha value is -2.51. The van der Waals surface area contributed by atoms with Crippen LogP contribution in [-0.2, 0) is 17.0 Å². The number of rotatable bonds is 8. The number of aromatic nitrogens is 1. The van der Waals surface area contributed by atoms with Gasteiger partial charge in [0.15, 0.2) is 0 Å². The fraction of sp³-hybridized carbons (Fsp3) is 0.0833. The van der Waals surface area contributed by atoms with Crippen LogP contribution in [0.25, 0.3) is 0 Å². The zero-order valence-corrected chi connectivity index (χ0v) is 19.9. The van der Waals surface area contributed by atoms with Crippen LogP contribution in [0.2, 0.25) is 10.0 Å².